The fraction of sp³-hybridized carbons (Fsp3) is 0.818. The first-order valence-electron chi connectivity index (χ1n) is 5.48. The van der Waals surface area contributed by atoms with E-state index in [1.54, 1.807) is 0 Å². The summed E-state index contributed by atoms with van der Waals surface area (Å²) in [5, 5.41) is 0. The summed E-state index contributed by atoms with van der Waals surface area (Å²) >= 11 is 4.02. The molecule has 0 aromatic rings. The van der Waals surface area contributed by atoms with Crippen molar-refractivity contribution in [1.29, 1.82) is 0 Å². The van der Waals surface area contributed by atoms with Gasteiger partial charge in [0.05, 0.1) is 0 Å². The highest BCUT2D eigenvalue weighted by molar-refractivity contribution is 9.26. The number of halogens is 1. The average molecular weight is 263 g/mol. The molecule has 0 spiro atoms. The summed E-state index contributed by atoms with van der Waals surface area (Å²) < 4.78 is 0. The van der Waals surface area contributed by atoms with Crippen LogP contribution in [0.25, 0.3) is 0 Å². The van der Waals surface area contributed by atoms with Crippen LogP contribution in [0.1, 0.15) is 39.5 Å². The van der Waals surface area contributed by atoms with Crippen LogP contribution in [0.5, 0.6) is 0 Å². The number of allylic oxidation sites excluding steroid dienone is 1. The van der Waals surface area contributed by atoms with Crippen LogP contribution in [-0.2, 0) is 0 Å². The molecule has 0 N–H and O–H groups in total. The molecule has 2 heteroatoms. The number of hydrogen-bond donors (Lipinski definition) is 0. The lowest BCUT2D eigenvalue weighted by Gasteiger charge is -2.23. The quantitative estimate of drug-likeness (QED) is 0.324. The van der Waals surface area contributed by atoms with E-state index in [0.29, 0.717) is 0 Å². The van der Waals surface area contributed by atoms with Gasteiger partial charge in [0.2, 0.25) is 0 Å². The Morgan fingerprint density at radius 1 is 1.15 bits per heavy atom. The third kappa shape index (κ3) is 6.50. The molecule has 0 amide bonds. The number of unbranched alkanes of at least 4 members (excludes halogenated alkanes) is 2. The lowest BCUT2D eigenvalue weighted by Crippen LogP contribution is -2.24. The highest BCUT2D eigenvalue weighted by Gasteiger charge is 2.26. The van der Waals surface area contributed by atoms with Gasteiger partial charge < -0.3 is 0 Å². The molecule has 0 saturated heterocycles. The highest BCUT2D eigenvalue weighted by Crippen LogP contribution is 2.31. The first kappa shape index (κ1) is 13.4. The standard InChI is InChI=1S/C11H23BrSi/c1-4-7-10-13(12,9-6-3)11-8-5-2/h6H,3-5,7-11H2,1-2H3. The molecule has 0 aliphatic heterocycles. The smallest absolute Gasteiger partial charge is 0.126 e. The minimum absolute atomic E-state index is 1.10. The van der Waals surface area contributed by atoms with Crippen LogP contribution < -0.4 is 0 Å². The van der Waals surface area contributed by atoms with E-state index in [2.05, 4.69) is 41.8 Å². The van der Waals surface area contributed by atoms with E-state index in [1.807, 2.05) is 0 Å². The van der Waals surface area contributed by atoms with Crippen molar-refractivity contribution in [3.05, 3.63) is 12.7 Å². The fourth-order valence-corrected chi connectivity index (χ4v) is 7.09. The van der Waals surface area contributed by atoms with Gasteiger partial charge in [-0.3, -0.25) is 0 Å². The van der Waals surface area contributed by atoms with Crippen molar-refractivity contribution < 1.29 is 0 Å². The summed E-state index contributed by atoms with van der Waals surface area (Å²) in [5.74, 6) is 0. The Morgan fingerprint density at radius 2 is 1.62 bits per heavy atom. The second kappa shape index (κ2) is 7.81. The monoisotopic (exact) mass is 262 g/mol. The summed E-state index contributed by atoms with van der Waals surface area (Å²) in [6.07, 6.45) is 7.52. The lowest BCUT2D eigenvalue weighted by molar-refractivity contribution is 0.837. The largest absolute Gasteiger partial charge is 0.134 e. The van der Waals surface area contributed by atoms with Gasteiger partial charge in [-0.1, -0.05) is 45.6 Å². The molecular formula is C11H23BrSi. The van der Waals surface area contributed by atoms with Crippen LogP contribution in [0.15, 0.2) is 12.7 Å². The molecule has 0 saturated carbocycles. The Bertz CT molecular complexity index is 126. The van der Waals surface area contributed by atoms with Gasteiger partial charge in [-0.25, -0.2) is 0 Å². The lowest BCUT2D eigenvalue weighted by atomic mass is 10.4. The van der Waals surface area contributed by atoms with Gasteiger partial charge in [0.1, 0.15) is 6.69 Å². The van der Waals surface area contributed by atoms with Crippen LogP contribution in [-0.4, -0.2) is 6.69 Å². The molecule has 78 valence electrons. The Labute approximate surface area is 92.4 Å². The van der Waals surface area contributed by atoms with Crippen LogP contribution in [0.4, 0.5) is 0 Å². The number of rotatable bonds is 8. The zero-order chi connectivity index (χ0) is 10.2. The van der Waals surface area contributed by atoms with Gasteiger partial charge >= 0.3 is 0 Å². The normalized spacial score (nSPS) is 11.6. The maximum absolute atomic E-state index is 4.02. The first-order valence-corrected chi connectivity index (χ1v) is 10.4. The van der Waals surface area contributed by atoms with E-state index in [-0.39, 0.29) is 0 Å². The summed E-state index contributed by atoms with van der Waals surface area (Å²) in [6.45, 7) is 7.32. The van der Waals surface area contributed by atoms with Gasteiger partial charge in [0.25, 0.3) is 0 Å². The molecule has 0 radical (unpaired) electrons. The van der Waals surface area contributed by atoms with Crippen molar-refractivity contribution in [1.82, 2.24) is 0 Å². The molecule has 0 heterocycles. The highest BCUT2D eigenvalue weighted by atomic mass is 79.9. The van der Waals surface area contributed by atoms with Crippen LogP contribution in [0.3, 0.4) is 0 Å². The van der Waals surface area contributed by atoms with Crippen molar-refractivity contribution in [2.45, 2.75) is 57.7 Å². The topological polar surface area (TPSA) is 0 Å². The summed E-state index contributed by atoms with van der Waals surface area (Å²) in [4.78, 5) is 0. The molecule has 0 aromatic carbocycles. The zero-order valence-electron chi connectivity index (χ0n) is 9.11. The summed E-state index contributed by atoms with van der Waals surface area (Å²) in [5.41, 5.74) is 0. The van der Waals surface area contributed by atoms with E-state index in [4.69, 9.17) is 0 Å². The Morgan fingerprint density at radius 3 is 1.92 bits per heavy atom. The molecule has 0 bridgehead atoms. The predicted molar refractivity (Wildman–Crippen MR) is 69.1 cm³/mol. The minimum Gasteiger partial charge on any atom is -0.126 e. The third-order valence-electron chi connectivity index (χ3n) is 2.47. The molecule has 0 rings (SSSR count). The molecule has 0 aliphatic carbocycles. The Hall–Kier alpha value is 0.437. The van der Waals surface area contributed by atoms with Gasteiger partial charge in [-0.2, -0.15) is 0 Å². The molecular weight excluding hydrogens is 240 g/mol. The van der Waals surface area contributed by atoms with Crippen molar-refractivity contribution in [3.63, 3.8) is 0 Å². The second-order valence-electron chi connectivity index (χ2n) is 3.85. The van der Waals surface area contributed by atoms with Crippen LogP contribution in [0.2, 0.25) is 18.1 Å². The Balaban J connectivity index is 3.90. The molecule has 13 heavy (non-hydrogen) atoms. The minimum atomic E-state index is -1.10. The first-order chi connectivity index (χ1) is 6.18. The van der Waals surface area contributed by atoms with Gasteiger partial charge in [-0.15, -0.1) is 21.9 Å². The van der Waals surface area contributed by atoms with Crippen LogP contribution in [0, 0.1) is 0 Å². The van der Waals surface area contributed by atoms with Gasteiger partial charge in [0.15, 0.2) is 0 Å². The van der Waals surface area contributed by atoms with Crippen molar-refractivity contribution in [3.8, 4) is 0 Å². The van der Waals surface area contributed by atoms with E-state index in [1.165, 1.54) is 43.8 Å². The van der Waals surface area contributed by atoms with E-state index in [9.17, 15) is 0 Å². The number of hydrogen-bond acceptors (Lipinski definition) is 0. The SMILES string of the molecule is C=CC[Si](Br)(CCCC)CCCC. The van der Waals surface area contributed by atoms with Crippen molar-refractivity contribution in [2.75, 3.05) is 0 Å². The second-order valence-corrected chi connectivity index (χ2v) is 12.6. The molecule has 0 fully saturated rings. The molecule has 0 aromatic heterocycles. The average Bonchev–Trinajstić information content (AvgIpc) is 2.12. The van der Waals surface area contributed by atoms with E-state index in [0.717, 1.165) is 0 Å². The summed E-state index contributed by atoms with van der Waals surface area (Å²) in [6, 6.07) is 4.10. The molecule has 0 atom stereocenters. The van der Waals surface area contributed by atoms with Gasteiger partial charge in [0, 0.05) is 0 Å². The van der Waals surface area contributed by atoms with Crippen molar-refractivity contribution in [2.24, 2.45) is 0 Å². The molecule has 0 aliphatic rings. The Kier molecular flexibility index (Phi) is 8.07. The van der Waals surface area contributed by atoms with E-state index < -0.39 is 6.69 Å². The van der Waals surface area contributed by atoms with E-state index >= 15 is 0 Å². The maximum Gasteiger partial charge on any atom is 0.134 e. The predicted octanol–water partition coefficient (Wildman–Crippen LogP) is 5.11. The summed E-state index contributed by atoms with van der Waals surface area (Å²) in [7, 11) is 0. The van der Waals surface area contributed by atoms with Gasteiger partial charge in [-0.05, 0) is 18.1 Å². The zero-order valence-corrected chi connectivity index (χ0v) is 11.7. The fourth-order valence-electron chi connectivity index (χ4n) is 1.57. The molecule has 0 unspecified atom stereocenters. The third-order valence-corrected chi connectivity index (χ3v) is 9.34. The van der Waals surface area contributed by atoms with Crippen LogP contribution >= 0.6 is 15.3 Å². The van der Waals surface area contributed by atoms with Crippen molar-refractivity contribution >= 4 is 22.0 Å². The molecule has 0 nitrogen and oxygen atoms in total. The maximum atomic E-state index is 4.02.